The van der Waals surface area contributed by atoms with Gasteiger partial charge in [-0.05, 0) is 35.4 Å². The molecule has 0 unspecified atom stereocenters. The van der Waals surface area contributed by atoms with Crippen molar-refractivity contribution in [1.82, 2.24) is 25.1 Å². The Hall–Kier alpha value is -3.41. The molecule has 0 radical (unpaired) electrons. The van der Waals surface area contributed by atoms with Gasteiger partial charge in [0.1, 0.15) is 0 Å². The first kappa shape index (κ1) is 15.1. The second-order valence-electron chi connectivity index (χ2n) is 5.84. The summed E-state index contributed by atoms with van der Waals surface area (Å²) in [5, 5.41) is 7.14. The van der Waals surface area contributed by atoms with E-state index in [0.717, 1.165) is 23.1 Å². The molecule has 25 heavy (non-hydrogen) atoms. The maximum Gasteiger partial charge on any atom is 0.251 e. The average molecular weight is 331 g/mol. The van der Waals surface area contributed by atoms with E-state index in [1.54, 1.807) is 18.6 Å². The second kappa shape index (κ2) is 6.60. The van der Waals surface area contributed by atoms with Gasteiger partial charge in [0.15, 0.2) is 0 Å². The van der Waals surface area contributed by atoms with E-state index < -0.39 is 0 Å². The van der Waals surface area contributed by atoms with Gasteiger partial charge < -0.3 is 10.3 Å². The van der Waals surface area contributed by atoms with E-state index in [4.69, 9.17) is 0 Å². The Bertz CT molecular complexity index is 986. The monoisotopic (exact) mass is 331 g/mol. The number of rotatable bonds is 5. The molecular formula is C19H17N5O. The van der Waals surface area contributed by atoms with Crippen LogP contribution in [0.2, 0.25) is 0 Å². The first-order valence-electron chi connectivity index (χ1n) is 8.04. The summed E-state index contributed by atoms with van der Waals surface area (Å²) in [7, 11) is 0. The third-order valence-electron chi connectivity index (χ3n) is 4.06. The molecule has 2 heterocycles. The summed E-state index contributed by atoms with van der Waals surface area (Å²) in [6.07, 6.45) is 5.33. The van der Waals surface area contributed by atoms with Gasteiger partial charge in [-0.1, -0.05) is 24.3 Å². The lowest BCUT2D eigenvalue weighted by Crippen LogP contribution is -2.22. The van der Waals surface area contributed by atoms with Gasteiger partial charge in [0.25, 0.3) is 5.91 Å². The Morgan fingerprint density at radius 2 is 1.96 bits per heavy atom. The van der Waals surface area contributed by atoms with Crippen molar-refractivity contribution in [2.45, 2.75) is 13.1 Å². The molecule has 0 saturated carbocycles. The Morgan fingerprint density at radius 1 is 1.12 bits per heavy atom. The molecule has 0 aliphatic carbocycles. The Balaban J connectivity index is 1.37. The zero-order chi connectivity index (χ0) is 17.1. The van der Waals surface area contributed by atoms with E-state index in [0.29, 0.717) is 12.1 Å². The summed E-state index contributed by atoms with van der Waals surface area (Å²) in [6.45, 7) is 1.23. The maximum absolute atomic E-state index is 12.3. The third kappa shape index (κ3) is 3.42. The SMILES string of the molecule is O=C(NCc1ccc(Cn2cccn2)cc1)c1ccc2nc[nH]c2c1. The first-order valence-corrected chi connectivity index (χ1v) is 8.04. The number of nitrogens with one attached hydrogen (secondary N) is 2. The van der Waals surface area contributed by atoms with Gasteiger partial charge in [-0.2, -0.15) is 5.10 Å². The molecule has 0 spiro atoms. The highest BCUT2D eigenvalue weighted by atomic mass is 16.1. The van der Waals surface area contributed by atoms with Crippen molar-refractivity contribution in [3.63, 3.8) is 0 Å². The fraction of sp³-hybridized carbons (Fsp3) is 0.105. The van der Waals surface area contributed by atoms with Crippen molar-refractivity contribution < 1.29 is 4.79 Å². The van der Waals surface area contributed by atoms with Crippen molar-refractivity contribution in [2.75, 3.05) is 0 Å². The molecule has 6 heteroatoms. The molecule has 0 fully saturated rings. The lowest BCUT2D eigenvalue weighted by molar-refractivity contribution is 0.0951. The number of hydrogen-bond acceptors (Lipinski definition) is 3. The Kier molecular flexibility index (Phi) is 4.00. The van der Waals surface area contributed by atoms with E-state index in [1.165, 1.54) is 5.56 Å². The zero-order valence-electron chi connectivity index (χ0n) is 13.5. The number of hydrogen-bond donors (Lipinski definition) is 2. The van der Waals surface area contributed by atoms with Crippen molar-refractivity contribution in [2.24, 2.45) is 0 Å². The molecule has 0 bridgehead atoms. The number of imidazole rings is 1. The van der Waals surface area contributed by atoms with E-state index in [2.05, 4.69) is 32.5 Å². The topological polar surface area (TPSA) is 75.6 Å². The summed E-state index contributed by atoms with van der Waals surface area (Å²) in [6, 6.07) is 15.5. The van der Waals surface area contributed by atoms with Gasteiger partial charge in [0, 0.05) is 24.5 Å². The summed E-state index contributed by atoms with van der Waals surface area (Å²) in [5.41, 5.74) is 4.55. The standard InChI is InChI=1S/C19H17N5O/c25-19(16-6-7-17-18(10-16)22-13-21-17)20-11-14-2-4-15(5-3-14)12-24-9-1-8-23-24/h1-10,13H,11-12H2,(H,20,25)(H,21,22). The quantitative estimate of drug-likeness (QED) is 0.590. The molecule has 0 saturated heterocycles. The first-order chi connectivity index (χ1) is 12.3. The van der Waals surface area contributed by atoms with Crippen LogP contribution in [-0.4, -0.2) is 25.7 Å². The minimum Gasteiger partial charge on any atom is -0.348 e. The third-order valence-corrected chi connectivity index (χ3v) is 4.06. The molecule has 0 aliphatic heterocycles. The summed E-state index contributed by atoms with van der Waals surface area (Å²) < 4.78 is 1.88. The normalized spacial score (nSPS) is 10.9. The molecule has 0 atom stereocenters. The fourth-order valence-corrected chi connectivity index (χ4v) is 2.70. The number of aromatic amines is 1. The van der Waals surface area contributed by atoms with Gasteiger partial charge >= 0.3 is 0 Å². The second-order valence-corrected chi connectivity index (χ2v) is 5.84. The van der Waals surface area contributed by atoms with Crippen LogP contribution in [0.5, 0.6) is 0 Å². The molecule has 2 N–H and O–H groups in total. The lowest BCUT2D eigenvalue weighted by Gasteiger charge is -2.07. The van der Waals surface area contributed by atoms with Crippen LogP contribution in [0.1, 0.15) is 21.5 Å². The van der Waals surface area contributed by atoms with Crippen molar-refractivity contribution >= 4 is 16.9 Å². The minimum absolute atomic E-state index is 0.0999. The molecule has 124 valence electrons. The number of nitrogens with zero attached hydrogens (tertiary/aromatic N) is 3. The van der Waals surface area contributed by atoms with E-state index >= 15 is 0 Å². The highest BCUT2D eigenvalue weighted by Crippen LogP contribution is 2.12. The van der Waals surface area contributed by atoms with Crippen molar-refractivity contribution in [1.29, 1.82) is 0 Å². The van der Waals surface area contributed by atoms with Crippen LogP contribution < -0.4 is 5.32 Å². The van der Waals surface area contributed by atoms with Crippen molar-refractivity contribution in [3.05, 3.63) is 83.9 Å². The minimum atomic E-state index is -0.0999. The smallest absolute Gasteiger partial charge is 0.251 e. The van der Waals surface area contributed by atoms with E-state index in [1.807, 2.05) is 41.2 Å². The van der Waals surface area contributed by atoms with Gasteiger partial charge in [0.2, 0.25) is 0 Å². The number of H-pyrrole nitrogens is 1. The van der Waals surface area contributed by atoms with Crippen LogP contribution in [0.4, 0.5) is 0 Å². The molecule has 2 aromatic carbocycles. The van der Waals surface area contributed by atoms with Crippen LogP contribution in [0.3, 0.4) is 0 Å². The average Bonchev–Trinajstić information content (AvgIpc) is 3.31. The van der Waals surface area contributed by atoms with E-state index in [-0.39, 0.29) is 5.91 Å². The van der Waals surface area contributed by atoms with Crippen molar-refractivity contribution in [3.8, 4) is 0 Å². The molecule has 4 aromatic rings. The molecule has 0 aliphatic rings. The number of carbonyl (C=O) groups excluding carboxylic acids is 1. The molecule has 1 amide bonds. The van der Waals surface area contributed by atoms with E-state index in [9.17, 15) is 4.79 Å². The Labute approximate surface area is 144 Å². The van der Waals surface area contributed by atoms with Gasteiger partial charge in [0.05, 0.1) is 23.9 Å². The highest BCUT2D eigenvalue weighted by Gasteiger charge is 2.07. The largest absolute Gasteiger partial charge is 0.348 e. The predicted molar refractivity (Wildman–Crippen MR) is 95.0 cm³/mol. The number of amides is 1. The van der Waals surface area contributed by atoms with Crippen LogP contribution in [0.25, 0.3) is 11.0 Å². The van der Waals surface area contributed by atoms with Gasteiger partial charge in [-0.25, -0.2) is 4.98 Å². The predicted octanol–water partition coefficient (Wildman–Crippen LogP) is 2.74. The zero-order valence-corrected chi connectivity index (χ0v) is 13.5. The summed E-state index contributed by atoms with van der Waals surface area (Å²) in [5.74, 6) is -0.0999. The summed E-state index contributed by atoms with van der Waals surface area (Å²) in [4.78, 5) is 19.5. The van der Waals surface area contributed by atoms with Gasteiger partial charge in [-0.15, -0.1) is 0 Å². The van der Waals surface area contributed by atoms with Crippen LogP contribution in [-0.2, 0) is 13.1 Å². The lowest BCUT2D eigenvalue weighted by atomic mass is 10.1. The van der Waals surface area contributed by atoms with Crippen LogP contribution in [0, 0.1) is 0 Å². The summed E-state index contributed by atoms with van der Waals surface area (Å²) >= 11 is 0. The maximum atomic E-state index is 12.3. The van der Waals surface area contributed by atoms with Crippen LogP contribution in [0.15, 0.2) is 67.3 Å². The number of carbonyl (C=O) groups is 1. The number of fused-ring (bicyclic) bond motifs is 1. The highest BCUT2D eigenvalue weighted by molar-refractivity contribution is 5.97. The van der Waals surface area contributed by atoms with Crippen LogP contribution >= 0.6 is 0 Å². The van der Waals surface area contributed by atoms with Gasteiger partial charge in [-0.3, -0.25) is 9.48 Å². The number of aromatic nitrogens is 4. The molecule has 4 rings (SSSR count). The Morgan fingerprint density at radius 3 is 2.76 bits per heavy atom. The molecular weight excluding hydrogens is 314 g/mol. The number of benzene rings is 2. The fourth-order valence-electron chi connectivity index (χ4n) is 2.70. The molecule has 2 aromatic heterocycles. The molecule has 6 nitrogen and oxygen atoms in total.